The van der Waals surface area contributed by atoms with Gasteiger partial charge in [-0.05, 0) is 49.4 Å². The maximum Gasteiger partial charge on any atom is 0.338 e. The molecular weight excluding hydrogens is 431 g/mol. The Balaban J connectivity index is 0. The number of hydrogen-bond donors (Lipinski definition) is 1. The number of unbranched alkanes of at least 4 members (excludes halogenated alkanes) is 2. The Kier molecular flexibility index (Phi) is 19.8. The first-order valence-corrected chi connectivity index (χ1v) is 11.7. The molecule has 140 valence electrons. The van der Waals surface area contributed by atoms with E-state index in [4.69, 9.17) is 24.8 Å². The van der Waals surface area contributed by atoms with Crippen molar-refractivity contribution in [1.82, 2.24) is 0 Å². The van der Waals surface area contributed by atoms with Gasteiger partial charge in [-0.1, -0.05) is 66.2 Å². The summed E-state index contributed by atoms with van der Waals surface area (Å²) in [6, 6.07) is 0. The molecule has 0 aliphatic heterocycles. The molecule has 3 nitrogen and oxygen atoms in total. The van der Waals surface area contributed by atoms with Crippen molar-refractivity contribution >= 4 is 31.4 Å². The quantitative estimate of drug-likeness (QED) is 0.128. The van der Waals surface area contributed by atoms with Gasteiger partial charge in [-0.25, -0.2) is 3.97 Å². The number of rotatable bonds is 15. The van der Waals surface area contributed by atoms with E-state index in [2.05, 4.69) is 40.6 Å². The molecule has 0 heterocycles. The van der Waals surface area contributed by atoms with Gasteiger partial charge in [0.15, 0.2) is 0 Å². The molecule has 2 unspecified atom stereocenters. The molecule has 0 rings (SSSR count). The van der Waals surface area contributed by atoms with Crippen molar-refractivity contribution in [3.8, 4) is 0 Å². The van der Waals surface area contributed by atoms with Crippen molar-refractivity contribution in [2.75, 3.05) is 13.2 Å². The summed E-state index contributed by atoms with van der Waals surface area (Å²) >= 11 is 9.33. The molecule has 0 amide bonds. The summed E-state index contributed by atoms with van der Waals surface area (Å²) in [5, 5.41) is 0. The van der Waals surface area contributed by atoms with Crippen LogP contribution in [-0.2, 0) is 45.9 Å². The zero-order valence-corrected chi connectivity index (χ0v) is 19.8. The van der Waals surface area contributed by atoms with Gasteiger partial charge in [-0.15, -0.1) is 0 Å². The summed E-state index contributed by atoms with van der Waals surface area (Å²) in [4.78, 5) is 0. The molecule has 0 fully saturated rings. The Hall–Kier alpha value is 1.57. The van der Waals surface area contributed by atoms with Crippen LogP contribution < -0.4 is 0 Å². The molecule has 7 heteroatoms. The second kappa shape index (κ2) is 17.0. The predicted molar refractivity (Wildman–Crippen MR) is 103 cm³/mol. The molecule has 0 bridgehead atoms. The normalized spacial score (nSPS) is 16.4. The zero-order valence-electron chi connectivity index (χ0n) is 15.2. The molecule has 2 atom stereocenters. The predicted octanol–water partition coefficient (Wildman–Crippen LogP) is 6.54. The van der Waals surface area contributed by atoms with Gasteiger partial charge in [0.1, 0.15) is 0 Å². The minimum atomic E-state index is -2.70. The molecule has 0 spiro atoms. The summed E-state index contributed by atoms with van der Waals surface area (Å²) < 4.78 is 16.8. The van der Waals surface area contributed by atoms with Crippen molar-refractivity contribution in [2.24, 2.45) is 11.8 Å². The maximum atomic E-state index is 5.83. The summed E-state index contributed by atoms with van der Waals surface area (Å²) in [7, 11) is 0. The third-order valence-corrected chi connectivity index (χ3v) is 7.09. The second-order valence-electron chi connectivity index (χ2n) is 5.95. The minimum absolute atomic E-state index is 0. The van der Waals surface area contributed by atoms with Crippen LogP contribution in [0.2, 0.25) is 0 Å². The average Bonchev–Trinajstić information content (AvgIpc) is 2.55. The molecule has 0 aromatic rings. The fourth-order valence-corrected chi connectivity index (χ4v) is 3.88. The molecule has 0 aliphatic rings. The van der Waals surface area contributed by atoms with E-state index >= 15 is 0 Å². The average molecular weight is 467 g/mol. The first kappa shape index (κ1) is 26.8. The smallest absolute Gasteiger partial charge is 0.308 e. The van der Waals surface area contributed by atoms with Gasteiger partial charge in [0.2, 0.25) is 0 Å². The van der Waals surface area contributed by atoms with Gasteiger partial charge in [0, 0.05) is 21.1 Å². The van der Waals surface area contributed by atoms with E-state index < -0.39 is 6.72 Å². The second-order valence-corrected chi connectivity index (χ2v) is 9.36. The van der Waals surface area contributed by atoms with E-state index in [0.717, 1.165) is 12.8 Å². The monoisotopic (exact) mass is 468 g/mol. The SMILES string of the molecule is CCCCC(CC)COP(=S)(OS)OCC(CC)CCCC.[Mo]. The number of thiol groups is 1. The Morgan fingerprint density at radius 2 is 1.26 bits per heavy atom. The fourth-order valence-electron chi connectivity index (χ4n) is 2.27. The molecule has 0 saturated heterocycles. The van der Waals surface area contributed by atoms with Crippen LogP contribution in [0, 0.1) is 11.8 Å². The summed E-state index contributed by atoms with van der Waals surface area (Å²) in [6.07, 6.45) is 9.39. The van der Waals surface area contributed by atoms with E-state index in [-0.39, 0.29) is 21.1 Å². The molecule has 0 N–H and O–H groups in total. The van der Waals surface area contributed by atoms with Crippen LogP contribution in [0.15, 0.2) is 0 Å². The van der Waals surface area contributed by atoms with Gasteiger partial charge in [0.25, 0.3) is 0 Å². The topological polar surface area (TPSA) is 27.7 Å². The van der Waals surface area contributed by atoms with Crippen LogP contribution in [0.3, 0.4) is 0 Å². The van der Waals surface area contributed by atoms with Crippen LogP contribution in [0.25, 0.3) is 0 Å². The van der Waals surface area contributed by atoms with E-state index in [9.17, 15) is 0 Å². The standard InChI is InChI=1S/C16H35O3PS2.Mo/c1-5-9-11-15(7-3)13-17-20(22,19-21)18-14-16(8-4)12-10-6-2;/h15-16,21H,5-14H2,1-4H3;. The largest absolute Gasteiger partial charge is 0.338 e. The number of hydrogen-bond acceptors (Lipinski definition) is 5. The third kappa shape index (κ3) is 13.4. The van der Waals surface area contributed by atoms with Crippen LogP contribution in [0.1, 0.15) is 79.1 Å². The molecular formula is C16H35MoO3PS2. The maximum absolute atomic E-state index is 5.83. The van der Waals surface area contributed by atoms with Crippen LogP contribution >= 0.6 is 19.6 Å². The Morgan fingerprint density at radius 1 is 0.870 bits per heavy atom. The van der Waals surface area contributed by atoms with E-state index in [1.165, 1.54) is 38.5 Å². The Labute approximate surface area is 169 Å². The zero-order chi connectivity index (χ0) is 16.8. The molecule has 0 aromatic carbocycles. The first-order valence-electron chi connectivity index (χ1n) is 8.77. The van der Waals surface area contributed by atoms with Crippen molar-refractivity contribution in [2.45, 2.75) is 79.1 Å². The third-order valence-electron chi connectivity index (χ3n) is 4.12. The van der Waals surface area contributed by atoms with Crippen LogP contribution in [-0.4, -0.2) is 13.2 Å². The van der Waals surface area contributed by atoms with Crippen LogP contribution in [0.5, 0.6) is 0 Å². The van der Waals surface area contributed by atoms with Crippen molar-refractivity contribution in [3.63, 3.8) is 0 Å². The fraction of sp³-hybridized carbons (Fsp3) is 1.00. The van der Waals surface area contributed by atoms with Crippen molar-refractivity contribution in [1.29, 1.82) is 0 Å². The van der Waals surface area contributed by atoms with E-state index in [1.807, 2.05) is 0 Å². The van der Waals surface area contributed by atoms with Gasteiger partial charge in [-0.2, -0.15) is 0 Å². The summed E-state index contributed by atoms with van der Waals surface area (Å²) in [6.45, 7) is 7.31. The van der Waals surface area contributed by atoms with Gasteiger partial charge in [-0.3, -0.25) is 0 Å². The van der Waals surface area contributed by atoms with Gasteiger partial charge in [0.05, 0.1) is 13.2 Å². The minimum Gasteiger partial charge on any atom is -0.308 e. The molecule has 0 radical (unpaired) electrons. The van der Waals surface area contributed by atoms with Gasteiger partial charge < -0.3 is 9.05 Å². The van der Waals surface area contributed by atoms with E-state index in [0.29, 0.717) is 25.0 Å². The Bertz CT molecular complexity index is 285. The summed E-state index contributed by atoms with van der Waals surface area (Å²) in [5.74, 6) is 1.05. The van der Waals surface area contributed by atoms with Crippen molar-refractivity contribution < 1.29 is 34.1 Å². The van der Waals surface area contributed by atoms with Crippen LogP contribution in [0.4, 0.5) is 0 Å². The van der Waals surface area contributed by atoms with Gasteiger partial charge >= 0.3 is 6.72 Å². The van der Waals surface area contributed by atoms with Crippen molar-refractivity contribution in [3.05, 3.63) is 0 Å². The molecule has 0 saturated carbocycles. The molecule has 0 aliphatic carbocycles. The van der Waals surface area contributed by atoms with E-state index in [1.54, 1.807) is 0 Å². The molecule has 23 heavy (non-hydrogen) atoms. The Morgan fingerprint density at radius 3 is 1.52 bits per heavy atom. The molecule has 0 aromatic heterocycles. The summed E-state index contributed by atoms with van der Waals surface area (Å²) in [5.41, 5.74) is 0. The first-order chi connectivity index (χ1) is 10.5.